The van der Waals surface area contributed by atoms with E-state index < -0.39 is 6.29 Å². The van der Waals surface area contributed by atoms with Crippen LogP contribution in [0.2, 0.25) is 0 Å². The maximum Gasteiger partial charge on any atom is 0.265 e. The van der Waals surface area contributed by atoms with E-state index in [9.17, 15) is 14.7 Å². The number of benzene rings is 1. The number of para-hydroxylation sites is 1. The molecule has 0 aliphatic carbocycles. The van der Waals surface area contributed by atoms with Crippen LogP contribution in [0.3, 0.4) is 0 Å². The van der Waals surface area contributed by atoms with E-state index in [0.717, 1.165) is 56.5 Å². The molecule has 0 bridgehead atoms. The van der Waals surface area contributed by atoms with Gasteiger partial charge in [-0.2, -0.15) is 0 Å². The Hall–Kier alpha value is -3.36. The summed E-state index contributed by atoms with van der Waals surface area (Å²) in [5, 5.41) is 9.81. The van der Waals surface area contributed by atoms with Gasteiger partial charge < -0.3 is 19.5 Å². The molecule has 1 saturated heterocycles. The van der Waals surface area contributed by atoms with Crippen molar-refractivity contribution in [1.82, 2.24) is 9.13 Å². The van der Waals surface area contributed by atoms with Gasteiger partial charge in [-0.15, -0.1) is 0 Å². The molecule has 0 amide bonds. The standard InChI is InChI=1S/C36H51N3O5/c1-8-11-16-26(9-2)23-38-33(30-24-44-30)39(25(4)5)35(42)27(34(38)41)19-20-31-36(6,7)28-17-12-13-18-29(28)37(31)21-14-15-22-43-32(40)10-3/h10,12-13,17-20,25-26,32,40H,3,8-9,11,14-16,21-24H2,1-2,4-7H3. The topological polar surface area (TPSA) is 89.2 Å². The van der Waals surface area contributed by atoms with Crippen LogP contribution >= 0.6 is 0 Å². The van der Waals surface area contributed by atoms with Crippen LogP contribution in [0.25, 0.3) is 11.8 Å². The number of aromatic nitrogens is 2. The van der Waals surface area contributed by atoms with Crippen molar-refractivity contribution >= 4 is 17.5 Å². The first-order valence-electron chi connectivity index (χ1n) is 16.3. The quantitative estimate of drug-likeness (QED) is 0.137. The molecule has 0 saturated carbocycles. The van der Waals surface area contributed by atoms with E-state index in [2.05, 4.69) is 57.4 Å². The Kier molecular flexibility index (Phi) is 11.1. The summed E-state index contributed by atoms with van der Waals surface area (Å²) in [7, 11) is 0. The number of aliphatic hydroxyl groups excluding tert-OH is 1. The molecule has 0 spiro atoms. The zero-order valence-electron chi connectivity index (χ0n) is 27.5. The lowest BCUT2D eigenvalue weighted by Gasteiger charge is -2.27. The molecule has 8 heteroatoms. The molecule has 3 heterocycles. The molecule has 2 aromatic rings. The summed E-state index contributed by atoms with van der Waals surface area (Å²) in [5.74, 6) is 1.05. The van der Waals surface area contributed by atoms with Gasteiger partial charge in [0, 0.05) is 35.9 Å². The molecule has 1 aromatic carbocycles. The number of rotatable bonds is 15. The van der Waals surface area contributed by atoms with Crippen molar-refractivity contribution in [3.63, 3.8) is 0 Å². The van der Waals surface area contributed by atoms with Gasteiger partial charge in [0.15, 0.2) is 17.5 Å². The number of anilines is 1. The molecule has 1 N–H and O–H groups in total. The smallest absolute Gasteiger partial charge is 0.265 e. The molecular formula is C36H51N3O5. The molecule has 8 nitrogen and oxygen atoms in total. The van der Waals surface area contributed by atoms with Crippen LogP contribution in [0.5, 0.6) is 0 Å². The fourth-order valence-corrected chi connectivity index (χ4v) is 6.29. The van der Waals surface area contributed by atoms with Crippen LogP contribution in [0.15, 0.2) is 58.3 Å². The number of allylic oxidation sites excluding steroid dienone is 2. The highest BCUT2D eigenvalue weighted by Crippen LogP contribution is 2.47. The molecule has 240 valence electrons. The lowest BCUT2D eigenvalue weighted by Crippen LogP contribution is -2.59. The summed E-state index contributed by atoms with van der Waals surface area (Å²) in [6.45, 7) is 18.4. The Bertz CT molecular complexity index is 1590. The van der Waals surface area contributed by atoms with Crippen molar-refractivity contribution in [2.24, 2.45) is 5.92 Å². The second-order valence-electron chi connectivity index (χ2n) is 12.8. The molecule has 44 heavy (non-hydrogen) atoms. The van der Waals surface area contributed by atoms with Crippen molar-refractivity contribution in [3.05, 3.63) is 85.7 Å². The van der Waals surface area contributed by atoms with E-state index >= 15 is 0 Å². The number of hydrogen-bond acceptors (Lipinski definition) is 6. The van der Waals surface area contributed by atoms with E-state index in [1.807, 2.05) is 30.6 Å². The SMILES string of the molecule is C=CC(O)OCCCCN1C(=CC=c2c(=O)n(CC(CC)CCCC)c(=C3CO3)n(C(C)C)c2=O)C(C)(C)c2ccccc21. The first-order chi connectivity index (χ1) is 21.1. The highest BCUT2D eigenvalue weighted by Gasteiger charge is 2.39. The molecule has 4 rings (SSSR count). The minimum Gasteiger partial charge on any atom is -0.482 e. The fourth-order valence-electron chi connectivity index (χ4n) is 6.29. The Morgan fingerprint density at radius 2 is 1.82 bits per heavy atom. The van der Waals surface area contributed by atoms with Gasteiger partial charge in [0.25, 0.3) is 11.1 Å². The van der Waals surface area contributed by atoms with Gasteiger partial charge in [-0.05, 0) is 68.9 Å². The first kappa shape index (κ1) is 33.5. The number of nitrogens with zero attached hydrogens (tertiary/aromatic N) is 3. The van der Waals surface area contributed by atoms with Crippen molar-refractivity contribution in [2.75, 3.05) is 24.7 Å². The summed E-state index contributed by atoms with van der Waals surface area (Å²) in [6.07, 6.45) is 9.95. The average molecular weight is 606 g/mol. The minimum atomic E-state index is -0.957. The van der Waals surface area contributed by atoms with E-state index in [4.69, 9.17) is 9.47 Å². The Balaban J connectivity index is 1.82. The first-order valence-corrected chi connectivity index (χ1v) is 16.3. The third-order valence-electron chi connectivity index (χ3n) is 8.92. The van der Waals surface area contributed by atoms with Crippen molar-refractivity contribution in [3.8, 4) is 0 Å². The van der Waals surface area contributed by atoms with Crippen molar-refractivity contribution in [2.45, 2.75) is 104 Å². The van der Waals surface area contributed by atoms with Crippen LogP contribution in [-0.2, 0) is 21.4 Å². The van der Waals surface area contributed by atoms with Gasteiger partial charge in [-0.1, -0.05) is 71.7 Å². The van der Waals surface area contributed by atoms with Crippen molar-refractivity contribution < 1.29 is 14.6 Å². The lowest BCUT2D eigenvalue weighted by molar-refractivity contribution is -0.0646. The van der Waals surface area contributed by atoms with Crippen LogP contribution in [0.1, 0.15) is 91.7 Å². The highest BCUT2D eigenvalue weighted by molar-refractivity contribution is 5.71. The van der Waals surface area contributed by atoms with Crippen LogP contribution in [0.4, 0.5) is 5.69 Å². The third kappa shape index (κ3) is 7.13. The average Bonchev–Trinajstić information content (AvgIpc) is 3.82. The molecule has 0 radical (unpaired) electrons. The second kappa shape index (κ2) is 14.6. The molecular weight excluding hydrogens is 554 g/mol. The van der Waals surface area contributed by atoms with E-state index in [1.54, 1.807) is 10.6 Å². The van der Waals surface area contributed by atoms with Gasteiger partial charge in [0.05, 0.1) is 6.61 Å². The summed E-state index contributed by atoms with van der Waals surface area (Å²) >= 11 is 0. The number of epoxide rings is 1. The van der Waals surface area contributed by atoms with Crippen LogP contribution < -0.4 is 26.7 Å². The maximum atomic E-state index is 14.2. The van der Waals surface area contributed by atoms with Gasteiger partial charge in [0.1, 0.15) is 11.8 Å². The molecule has 1 aromatic heterocycles. The second-order valence-corrected chi connectivity index (χ2v) is 12.8. The Morgan fingerprint density at radius 1 is 1.09 bits per heavy atom. The van der Waals surface area contributed by atoms with Gasteiger partial charge in [-0.25, -0.2) is 0 Å². The number of aliphatic hydroxyl groups is 1. The highest BCUT2D eigenvalue weighted by atomic mass is 16.6. The predicted molar refractivity (Wildman–Crippen MR) is 178 cm³/mol. The molecule has 2 unspecified atom stereocenters. The van der Waals surface area contributed by atoms with Gasteiger partial charge in [-0.3, -0.25) is 18.7 Å². The summed E-state index contributed by atoms with van der Waals surface area (Å²) < 4.78 is 14.5. The van der Waals surface area contributed by atoms with Crippen LogP contribution in [0, 0.1) is 5.92 Å². The van der Waals surface area contributed by atoms with Gasteiger partial charge in [0.2, 0.25) is 0 Å². The number of hydrogen-bond donors (Lipinski definition) is 1. The zero-order valence-corrected chi connectivity index (χ0v) is 27.5. The van der Waals surface area contributed by atoms with E-state index in [-0.39, 0.29) is 27.8 Å². The Labute approximate surface area is 261 Å². The fraction of sp³-hybridized carbons (Fsp3) is 0.556. The normalized spacial score (nSPS) is 19.3. The van der Waals surface area contributed by atoms with E-state index in [0.29, 0.717) is 36.9 Å². The monoisotopic (exact) mass is 605 g/mol. The molecule has 2 atom stereocenters. The predicted octanol–water partition coefficient (Wildman–Crippen LogP) is 4.71. The zero-order chi connectivity index (χ0) is 32.0. The molecule has 2 aliphatic heterocycles. The summed E-state index contributed by atoms with van der Waals surface area (Å²) in [6, 6.07) is 8.22. The Morgan fingerprint density at radius 3 is 2.45 bits per heavy atom. The molecule has 2 aliphatic rings. The van der Waals surface area contributed by atoms with Gasteiger partial charge >= 0.3 is 0 Å². The van der Waals surface area contributed by atoms with Crippen LogP contribution in [-0.4, -0.2) is 40.3 Å². The number of fused-ring (bicyclic) bond motifs is 1. The molecule has 1 fully saturated rings. The third-order valence-corrected chi connectivity index (χ3v) is 8.92. The summed E-state index contributed by atoms with van der Waals surface area (Å²) in [4.78, 5) is 30.5. The summed E-state index contributed by atoms with van der Waals surface area (Å²) in [5.41, 5.74) is 3.11. The number of ether oxygens (including phenoxy) is 2. The van der Waals surface area contributed by atoms with Crippen molar-refractivity contribution in [1.29, 1.82) is 0 Å². The minimum absolute atomic E-state index is 0.137. The maximum absolute atomic E-state index is 14.2. The lowest BCUT2D eigenvalue weighted by atomic mass is 9.83. The number of unbranched alkanes of at least 4 members (excludes halogenated alkanes) is 2. The van der Waals surface area contributed by atoms with E-state index in [1.165, 1.54) is 11.6 Å². The largest absolute Gasteiger partial charge is 0.482 e.